The first-order valence-electron chi connectivity index (χ1n) is 20.9. The monoisotopic (exact) mass is 777 g/mol. The molecule has 12 rings (SSSR count). The molecule has 2 heterocycles. The number of para-hydroxylation sites is 1. The van der Waals surface area contributed by atoms with E-state index in [1.807, 2.05) is 0 Å². The van der Waals surface area contributed by atoms with Crippen molar-refractivity contribution in [3.63, 3.8) is 0 Å². The number of hydrogen-bond donors (Lipinski definition) is 0. The molecule has 0 aliphatic heterocycles. The Morgan fingerprint density at radius 1 is 0.295 bits per heavy atom. The van der Waals surface area contributed by atoms with E-state index in [-0.39, 0.29) is 0 Å². The van der Waals surface area contributed by atoms with E-state index in [0.29, 0.717) is 0 Å². The highest BCUT2D eigenvalue weighted by Crippen LogP contribution is 2.41. The zero-order chi connectivity index (χ0) is 40.3. The molecule has 3 heteroatoms. The van der Waals surface area contributed by atoms with E-state index in [4.69, 9.17) is 0 Å². The van der Waals surface area contributed by atoms with Gasteiger partial charge >= 0.3 is 0 Å². The third kappa shape index (κ3) is 5.98. The second kappa shape index (κ2) is 14.3. The van der Waals surface area contributed by atoms with E-state index in [0.717, 1.165) is 34.0 Å². The molecule has 0 radical (unpaired) electrons. The van der Waals surface area contributed by atoms with E-state index in [1.54, 1.807) is 0 Å². The molecule has 0 bridgehead atoms. The van der Waals surface area contributed by atoms with Crippen LogP contribution in [0.4, 0.5) is 17.1 Å². The van der Waals surface area contributed by atoms with Gasteiger partial charge in [0.25, 0.3) is 0 Å². The third-order valence-corrected chi connectivity index (χ3v) is 12.3. The summed E-state index contributed by atoms with van der Waals surface area (Å²) in [5, 5.41) is 8.57. The first kappa shape index (κ1) is 34.9. The molecule has 0 saturated carbocycles. The highest BCUT2D eigenvalue weighted by Gasteiger charge is 2.19. The normalized spacial score (nSPS) is 11.6. The molecule has 0 spiro atoms. The van der Waals surface area contributed by atoms with Crippen LogP contribution in [0.15, 0.2) is 237 Å². The van der Waals surface area contributed by atoms with Crippen LogP contribution in [-0.4, -0.2) is 9.13 Å². The fraction of sp³-hybridized carbons (Fsp3) is 0. The maximum Gasteiger partial charge on any atom is 0.0635 e. The van der Waals surface area contributed by atoms with Crippen molar-refractivity contribution in [1.29, 1.82) is 0 Å². The number of benzene rings is 10. The Labute approximate surface area is 354 Å². The average Bonchev–Trinajstić information content (AvgIpc) is 3.92. The highest BCUT2D eigenvalue weighted by atomic mass is 15.1. The summed E-state index contributed by atoms with van der Waals surface area (Å²) in [4.78, 5) is 2.38. The molecule has 0 unspecified atom stereocenters. The molecular weight excluding hydrogens is 739 g/mol. The van der Waals surface area contributed by atoms with Gasteiger partial charge in [-0.05, 0) is 129 Å². The molecule has 61 heavy (non-hydrogen) atoms. The number of rotatable bonds is 7. The highest BCUT2D eigenvalue weighted by molar-refractivity contribution is 6.18. The van der Waals surface area contributed by atoms with Gasteiger partial charge in [0.05, 0.1) is 16.6 Å². The van der Waals surface area contributed by atoms with Crippen molar-refractivity contribution in [1.82, 2.24) is 9.13 Å². The minimum atomic E-state index is 1.10. The van der Waals surface area contributed by atoms with Gasteiger partial charge < -0.3 is 14.0 Å². The SMILES string of the molecule is c1ccc(-c2cc(-c3ccccc3)cc(-n3ccc4c3ccc3c5ccccc5n(-c5ccc(N(c6ccc7ccccc7c6)c6ccc7ccccc7c6)cc5)c34)c2)cc1. The van der Waals surface area contributed by atoms with Gasteiger partial charge in [-0.1, -0.05) is 146 Å². The second-order valence-corrected chi connectivity index (χ2v) is 15.8. The lowest BCUT2D eigenvalue weighted by molar-refractivity contribution is 1.13. The Hall–Kier alpha value is -8.14. The predicted molar refractivity (Wildman–Crippen MR) is 258 cm³/mol. The van der Waals surface area contributed by atoms with E-state index in [9.17, 15) is 0 Å². The van der Waals surface area contributed by atoms with Gasteiger partial charge in [-0.3, -0.25) is 0 Å². The summed E-state index contributed by atoms with van der Waals surface area (Å²) in [6, 6.07) is 83.8. The smallest absolute Gasteiger partial charge is 0.0635 e. The molecule has 0 atom stereocenters. The standard InChI is InChI=1S/C58H39N3/c1-3-13-40(14-4-1)46-35-47(41-15-5-2-6-16-41)39-52(38-46)59-34-33-55-56(59)32-31-54-53-21-11-12-22-57(53)61(58(54)55)49-29-27-48(28-30-49)60(50-25-23-42-17-7-9-19-44(42)36-50)51-26-24-43-18-8-10-20-45(43)37-51/h1-39H. The molecule has 0 amide bonds. The van der Waals surface area contributed by atoms with Crippen LogP contribution in [0.5, 0.6) is 0 Å². The molecule has 0 aliphatic carbocycles. The van der Waals surface area contributed by atoms with Gasteiger partial charge in [0.2, 0.25) is 0 Å². The van der Waals surface area contributed by atoms with Crippen molar-refractivity contribution in [3.05, 3.63) is 237 Å². The third-order valence-electron chi connectivity index (χ3n) is 12.3. The summed E-state index contributed by atoms with van der Waals surface area (Å²) in [5.74, 6) is 0. The Kier molecular flexibility index (Phi) is 8.17. The van der Waals surface area contributed by atoms with Gasteiger partial charge in [0.1, 0.15) is 0 Å². The van der Waals surface area contributed by atoms with Crippen LogP contribution < -0.4 is 4.90 Å². The molecule has 286 valence electrons. The van der Waals surface area contributed by atoms with Crippen molar-refractivity contribution in [3.8, 4) is 33.6 Å². The van der Waals surface area contributed by atoms with Gasteiger partial charge in [0, 0.05) is 50.8 Å². The Morgan fingerprint density at radius 3 is 1.46 bits per heavy atom. The summed E-state index contributed by atoms with van der Waals surface area (Å²) in [7, 11) is 0. The molecule has 2 aromatic heterocycles. The first-order chi connectivity index (χ1) is 30.2. The van der Waals surface area contributed by atoms with E-state index in [1.165, 1.54) is 71.0 Å². The molecule has 10 aromatic carbocycles. The Bertz CT molecular complexity index is 3440. The van der Waals surface area contributed by atoms with Crippen LogP contribution in [-0.2, 0) is 0 Å². The molecule has 12 aromatic rings. The lowest BCUT2D eigenvalue weighted by Gasteiger charge is -2.26. The van der Waals surface area contributed by atoms with Gasteiger partial charge in [-0.15, -0.1) is 0 Å². The van der Waals surface area contributed by atoms with Crippen molar-refractivity contribution < 1.29 is 0 Å². The Morgan fingerprint density at radius 2 is 0.836 bits per heavy atom. The van der Waals surface area contributed by atoms with Crippen LogP contribution in [0, 0.1) is 0 Å². The van der Waals surface area contributed by atoms with E-state index >= 15 is 0 Å². The fourth-order valence-corrected chi connectivity index (χ4v) is 9.34. The number of hydrogen-bond acceptors (Lipinski definition) is 1. The van der Waals surface area contributed by atoms with Crippen LogP contribution in [0.25, 0.3) is 87.9 Å². The molecule has 0 saturated heterocycles. The maximum absolute atomic E-state index is 2.45. The fourth-order valence-electron chi connectivity index (χ4n) is 9.34. The van der Waals surface area contributed by atoms with Gasteiger partial charge in [-0.2, -0.15) is 0 Å². The summed E-state index contributed by atoms with van der Waals surface area (Å²) < 4.78 is 4.80. The van der Waals surface area contributed by atoms with Crippen LogP contribution in [0.2, 0.25) is 0 Å². The quantitative estimate of drug-likeness (QED) is 0.157. The number of fused-ring (bicyclic) bond motifs is 7. The van der Waals surface area contributed by atoms with Crippen LogP contribution in [0.3, 0.4) is 0 Å². The molecular formula is C58H39N3. The largest absolute Gasteiger partial charge is 0.316 e. The van der Waals surface area contributed by atoms with Crippen molar-refractivity contribution in [2.24, 2.45) is 0 Å². The Balaban J connectivity index is 1.02. The van der Waals surface area contributed by atoms with E-state index in [2.05, 4.69) is 251 Å². The lowest BCUT2D eigenvalue weighted by atomic mass is 9.98. The van der Waals surface area contributed by atoms with Crippen molar-refractivity contribution in [2.45, 2.75) is 0 Å². The summed E-state index contributed by atoms with van der Waals surface area (Å²) in [6.07, 6.45) is 2.24. The van der Waals surface area contributed by atoms with Crippen LogP contribution in [0.1, 0.15) is 0 Å². The molecule has 0 fully saturated rings. The zero-order valence-electron chi connectivity index (χ0n) is 33.4. The minimum absolute atomic E-state index is 1.10. The predicted octanol–water partition coefficient (Wildman–Crippen LogP) is 15.8. The summed E-state index contributed by atoms with van der Waals surface area (Å²) >= 11 is 0. The van der Waals surface area contributed by atoms with Gasteiger partial charge in [-0.25, -0.2) is 0 Å². The number of anilines is 3. The van der Waals surface area contributed by atoms with Crippen molar-refractivity contribution >= 4 is 71.3 Å². The zero-order valence-corrected chi connectivity index (χ0v) is 33.4. The average molecular weight is 778 g/mol. The van der Waals surface area contributed by atoms with Crippen molar-refractivity contribution in [2.75, 3.05) is 4.90 Å². The van der Waals surface area contributed by atoms with Gasteiger partial charge in [0.15, 0.2) is 0 Å². The second-order valence-electron chi connectivity index (χ2n) is 15.8. The summed E-state index contributed by atoms with van der Waals surface area (Å²) in [5.41, 5.74) is 13.9. The molecule has 3 nitrogen and oxygen atoms in total. The minimum Gasteiger partial charge on any atom is -0.316 e. The lowest BCUT2D eigenvalue weighted by Crippen LogP contribution is -2.10. The number of aromatic nitrogens is 2. The molecule has 0 N–H and O–H groups in total. The maximum atomic E-state index is 2.45. The topological polar surface area (TPSA) is 13.1 Å². The van der Waals surface area contributed by atoms with E-state index < -0.39 is 0 Å². The summed E-state index contributed by atoms with van der Waals surface area (Å²) in [6.45, 7) is 0. The number of nitrogens with zero attached hydrogens (tertiary/aromatic N) is 3. The van der Waals surface area contributed by atoms with Crippen LogP contribution >= 0.6 is 0 Å². The molecule has 0 aliphatic rings. The first-order valence-corrected chi connectivity index (χ1v) is 20.9.